The van der Waals surface area contributed by atoms with Crippen LogP contribution in [0.3, 0.4) is 0 Å². The molecule has 4 atom stereocenters. The van der Waals surface area contributed by atoms with Crippen molar-refractivity contribution in [2.75, 3.05) is 26.1 Å². The number of methoxy groups -OCH3 is 2. The topological polar surface area (TPSA) is 140 Å². The number of carbonyl (C=O) groups excluding carboxylic acids is 4. The lowest BCUT2D eigenvalue weighted by Crippen LogP contribution is -2.53. The Morgan fingerprint density at radius 3 is 2.51 bits per heavy atom. The third-order valence-corrected chi connectivity index (χ3v) is 7.80. The van der Waals surface area contributed by atoms with Crippen molar-refractivity contribution >= 4 is 29.3 Å². The molecule has 0 radical (unpaired) electrons. The smallest absolute Gasteiger partial charge is 0.250 e. The summed E-state index contributed by atoms with van der Waals surface area (Å²) in [5, 5.41) is 6.17. The van der Waals surface area contributed by atoms with Gasteiger partial charge in [-0.25, -0.2) is 0 Å². The highest BCUT2D eigenvalue weighted by Crippen LogP contribution is 2.54. The zero-order chi connectivity index (χ0) is 26.5. The van der Waals surface area contributed by atoms with E-state index in [2.05, 4.69) is 10.6 Å². The highest BCUT2D eigenvalue weighted by Gasteiger charge is 2.70. The van der Waals surface area contributed by atoms with E-state index in [1.54, 1.807) is 25.3 Å². The molecular weight excluding hydrogens is 476 g/mol. The summed E-state index contributed by atoms with van der Waals surface area (Å²) in [6, 6.07) is 10.2. The Morgan fingerprint density at radius 2 is 1.84 bits per heavy atom. The van der Waals surface area contributed by atoms with Crippen LogP contribution in [0.4, 0.5) is 5.69 Å². The van der Waals surface area contributed by atoms with Crippen LogP contribution in [0.25, 0.3) is 0 Å². The van der Waals surface area contributed by atoms with E-state index in [1.807, 2.05) is 25.1 Å². The maximum Gasteiger partial charge on any atom is 0.250 e. The fourth-order valence-electron chi connectivity index (χ4n) is 6.13. The Kier molecular flexibility index (Phi) is 6.15. The van der Waals surface area contributed by atoms with Gasteiger partial charge in [-0.2, -0.15) is 0 Å². The van der Waals surface area contributed by atoms with E-state index in [1.165, 1.54) is 12.0 Å². The van der Waals surface area contributed by atoms with Crippen LogP contribution in [0.2, 0.25) is 0 Å². The molecule has 0 unspecified atom stereocenters. The number of anilines is 1. The largest absolute Gasteiger partial charge is 0.493 e. The maximum atomic E-state index is 13.9. The van der Waals surface area contributed by atoms with Gasteiger partial charge in [0.05, 0.1) is 26.1 Å². The van der Waals surface area contributed by atoms with E-state index in [4.69, 9.17) is 15.2 Å². The van der Waals surface area contributed by atoms with Gasteiger partial charge in [0.2, 0.25) is 23.6 Å². The molecule has 1 spiro atoms. The second-order valence-electron chi connectivity index (χ2n) is 9.65. The molecule has 2 fully saturated rings. The Morgan fingerprint density at radius 1 is 1.08 bits per heavy atom. The van der Waals surface area contributed by atoms with E-state index < -0.39 is 47.0 Å². The van der Waals surface area contributed by atoms with Gasteiger partial charge in [0.1, 0.15) is 5.54 Å². The van der Waals surface area contributed by atoms with Crippen LogP contribution in [0.1, 0.15) is 30.0 Å². The number of benzene rings is 2. The average Bonchev–Trinajstić information content (AvgIpc) is 3.46. The van der Waals surface area contributed by atoms with E-state index in [0.717, 1.165) is 11.1 Å². The molecule has 3 aliphatic rings. The van der Waals surface area contributed by atoms with Gasteiger partial charge in [0.15, 0.2) is 11.5 Å². The van der Waals surface area contributed by atoms with Crippen molar-refractivity contribution in [3.63, 3.8) is 0 Å². The van der Waals surface area contributed by atoms with E-state index in [0.29, 0.717) is 35.6 Å². The number of nitrogens with one attached hydrogen (secondary N) is 2. The molecule has 2 saturated heterocycles. The van der Waals surface area contributed by atoms with Crippen LogP contribution in [-0.4, -0.2) is 55.3 Å². The number of hydrogen-bond donors (Lipinski definition) is 3. The number of nitrogens with zero attached hydrogens (tertiary/aromatic N) is 1. The molecule has 0 aliphatic carbocycles. The standard InChI is InChI=1S/C27H30N4O6/c1-4-15-6-5-7-16-23(15)29-26(35)27(16)22-21(17(30-27)13-20(28)32)24(33)31(25(22)34)11-10-14-8-9-18(36-2)19(12-14)37-3/h5-9,12,17,21-22,30H,4,10-11,13H2,1-3H3,(H2,28,32)(H,29,35)/t17-,21-,22+,27+/m1/s1. The Bertz CT molecular complexity index is 1310. The van der Waals surface area contributed by atoms with Gasteiger partial charge in [-0.15, -0.1) is 0 Å². The molecule has 2 aromatic carbocycles. The predicted octanol–water partition coefficient (Wildman–Crippen LogP) is 1.10. The van der Waals surface area contributed by atoms with Crippen molar-refractivity contribution < 1.29 is 28.7 Å². The Labute approximate surface area is 214 Å². The number of fused-ring (bicyclic) bond motifs is 4. The molecule has 4 N–H and O–H groups in total. The van der Waals surface area contributed by atoms with Crippen molar-refractivity contribution in [1.82, 2.24) is 10.2 Å². The normalized spacial score (nSPS) is 25.9. The number of amides is 4. The average molecular weight is 507 g/mol. The zero-order valence-electron chi connectivity index (χ0n) is 21.0. The van der Waals surface area contributed by atoms with Gasteiger partial charge in [-0.3, -0.25) is 29.4 Å². The van der Waals surface area contributed by atoms with Crippen LogP contribution in [0, 0.1) is 11.8 Å². The van der Waals surface area contributed by atoms with Crippen molar-refractivity contribution in [3.8, 4) is 11.5 Å². The SMILES string of the molecule is CCc1cccc2c1NC(=O)[C@]21N[C@H](CC(N)=O)[C@H]2C(=O)N(CCc3ccc(OC)c(OC)c3)C(=O)[C@H]21. The minimum Gasteiger partial charge on any atom is -0.493 e. The van der Waals surface area contributed by atoms with Crippen LogP contribution in [0.15, 0.2) is 36.4 Å². The van der Waals surface area contributed by atoms with Crippen LogP contribution < -0.4 is 25.8 Å². The van der Waals surface area contributed by atoms with Gasteiger partial charge >= 0.3 is 0 Å². The molecule has 0 saturated carbocycles. The molecule has 10 heteroatoms. The Balaban J connectivity index is 1.50. The summed E-state index contributed by atoms with van der Waals surface area (Å²) in [7, 11) is 3.08. The first-order valence-corrected chi connectivity index (χ1v) is 12.3. The fourth-order valence-corrected chi connectivity index (χ4v) is 6.13. The van der Waals surface area contributed by atoms with Crippen molar-refractivity contribution in [2.24, 2.45) is 17.6 Å². The minimum atomic E-state index is -1.45. The first-order valence-electron chi connectivity index (χ1n) is 12.3. The highest BCUT2D eigenvalue weighted by molar-refractivity contribution is 6.15. The zero-order valence-corrected chi connectivity index (χ0v) is 21.0. The predicted molar refractivity (Wildman–Crippen MR) is 134 cm³/mol. The third kappa shape index (κ3) is 3.66. The first-order chi connectivity index (χ1) is 17.8. The number of rotatable bonds is 8. The summed E-state index contributed by atoms with van der Waals surface area (Å²) in [5.74, 6) is -2.58. The number of aryl methyl sites for hydroxylation is 1. The lowest BCUT2D eigenvalue weighted by atomic mass is 9.76. The second-order valence-corrected chi connectivity index (χ2v) is 9.65. The van der Waals surface area contributed by atoms with Gasteiger partial charge in [0, 0.05) is 30.3 Å². The van der Waals surface area contributed by atoms with Crippen LogP contribution in [-0.2, 0) is 37.6 Å². The molecule has 37 heavy (non-hydrogen) atoms. The molecule has 0 aromatic heterocycles. The number of para-hydroxylation sites is 1. The van der Waals surface area contributed by atoms with Crippen molar-refractivity contribution in [3.05, 3.63) is 53.1 Å². The summed E-state index contributed by atoms with van der Waals surface area (Å²) in [6.45, 7) is 2.11. The number of carbonyl (C=O) groups is 4. The molecule has 10 nitrogen and oxygen atoms in total. The monoisotopic (exact) mass is 506 g/mol. The molecule has 3 aliphatic heterocycles. The number of likely N-dealkylation sites (tertiary alicyclic amines) is 1. The van der Waals surface area contributed by atoms with Crippen LogP contribution in [0.5, 0.6) is 11.5 Å². The summed E-state index contributed by atoms with van der Waals surface area (Å²) < 4.78 is 10.6. The molecule has 4 amide bonds. The van der Waals surface area contributed by atoms with E-state index in [-0.39, 0.29) is 13.0 Å². The molecule has 5 rings (SSSR count). The quantitative estimate of drug-likeness (QED) is 0.456. The molecule has 2 aromatic rings. The summed E-state index contributed by atoms with van der Waals surface area (Å²) in [4.78, 5) is 54.2. The van der Waals surface area contributed by atoms with Crippen LogP contribution >= 0.6 is 0 Å². The lowest BCUT2D eigenvalue weighted by molar-refractivity contribution is -0.142. The minimum absolute atomic E-state index is 0.128. The number of primary amides is 1. The maximum absolute atomic E-state index is 13.9. The van der Waals surface area contributed by atoms with Gasteiger partial charge < -0.3 is 20.5 Å². The summed E-state index contributed by atoms with van der Waals surface area (Å²) in [5.41, 5.74) is 7.13. The summed E-state index contributed by atoms with van der Waals surface area (Å²) in [6.07, 6.45) is 0.908. The molecule has 194 valence electrons. The number of ether oxygens (including phenoxy) is 2. The molecule has 3 heterocycles. The van der Waals surface area contributed by atoms with Gasteiger partial charge in [-0.05, 0) is 36.1 Å². The van der Waals surface area contributed by atoms with E-state index in [9.17, 15) is 19.2 Å². The molecular formula is C27H30N4O6. The van der Waals surface area contributed by atoms with Gasteiger partial charge in [-0.1, -0.05) is 31.2 Å². The van der Waals surface area contributed by atoms with E-state index >= 15 is 0 Å². The number of nitrogens with two attached hydrogens (primary N) is 1. The van der Waals surface area contributed by atoms with Crippen molar-refractivity contribution in [1.29, 1.82) is 0 Å². The second kappa shape index (κ2) is 9.19. The molecule has 0 bridgehead atoms. The fraction of sp³-hybridized carbons (Fsp3) is 0.407. The van der Waals surface area contributed by atoms with Gasteiger partial charge in [0.25, 0.3) is 0 Å². The lowest BCUT2D eigenvalue weighted by Gasteiger charge is -2.29. The highest BCUT2D eigenvalue weighted by atomic mass is 16.5. The number of hydrogen-bond acceptors (Lipinski definition) is 7. The number of imide groups is 1. The third-order valence-electron chi connectivity index (χ3n) is 7.80. The first kappa shape index (κ1) is 24.8. The Hall–Kier alpha value is -3.92. The van der Waals surface area contributed by atoms with Crippen molar-refractivity contribution in [2.45, 2.75) is 37.8 Å². The summed E-state index contributed by atoms with van der Waals surface area (Å²) >= 11 is 0.